The molecular formula is C34H60O7Si2. The molecule has 2 aliphatic rings. The molecule has 0 bridgehead atoms. The van der Waals surface area contributed by atoms with Gasteiger partial charge in [0.2, 0.25) is 0 Å². The molecule has 0 radical (unpaired) electrons. The summed E-state index contributed by atoms with van der Waals surface area (Å²) in [6.07, 6.45) is 6.17. The maximum atomic E-state index is 11.1. The van der Waals surface area contributed by atoms with Crippen molar-refractivity contribution in [3.63, 3.8) is 0 Å². The SMILES string of the molecule is COc1ccc(COCCC[C@@H]2O[C@@H]3C[C@H](O[Si](C)(C)C(C)(C)C)[C@@H](CCCC=O)O[C@@]3(C)C[C@@]2(C)O[Si](C)(C)C)cc1. The summed E-state index contributed by atoms with van der Waals surface area (Å²) in [7, 11) is -2.27. The van der Waals surface area contributed by atoms with E-state index >= 15 is 0 Å². The van der Waals surface area contributed by atoms with Gasteiger partial charge >= 0.3 is 0 Å². The van der Waals surface area contributed by atoms with Crippen LogP contribution in [-0.4, -0.2) is 72.3 Å². The lowest BCUT2D eigenvalue weighted by Crippen LogP contribution is -2.68. The lowest BCUT2D eigenvalue weighted by atomic mass is 9.74. The van der Waals surface area contributed by atoms with E-state index in [2.05, 4.69) is 67.4 Å². The van der Waals surface area contributed by atoms with Gasteiger partial charge in [-0.3, -0.25) is 0 Å². The molecule has 0 aromatic heterocycles. The van der Waals surface area contributed by atoms with Crippen molar-refractivity contribution in [1.29, 1.82) is 0 Å². The van der Waals surface area contributed by atoms with E-state index in [1.54, 1.807) is 7.11 Å². The van der Waals surface area contributed by atoms with Gasteiger partial charge in [-0.1, -0.05) is 32.9 Å². The molecule has 1 aromatic carbocycles. The zero-order valence-electron chi connectivity index (χ0n) is 28.9. The molecule has 0 N–H and O–H groups in total. The maximum Gasteiger partial charge on any atom is 0.192 e. The summed E-state index contributed by atoms with van der Waals surface area (Å²) in [6, 6.07) is 8.01. The Balaban J connectivity index is 1.74. The largest absolute Gasteiger partial charge is 0.497 e. The van der Waals surface area contributed by atoms with Crippen LogP contribution in [0.5, 0.6) is 5.75 Å². The molecule has 0 amide bonds. The summed E-state index contributed by atoms with van der Waals surface area (Å²) in [5.41, 5.74) is 0.174. The van der Waals surface area contributed by atoms with Gasteiger partial charge < -0.3 is 32.6 Å². The van der Waals surface area contributed by atoms with Gasteiger partial charge in [-0.05, 0) is 95.0 Å². The molecule has 2 heterocycles. The second-order valence-electron chi connectivity index (χ2n) is 15.6. The van der Waals surface area contributed by atoms with Gasteiger partial charge in [0.05, 0.1) is 49.3 Å². The van der Waals surface area contributed by atoms with Crippen LogP contribution in [-0.2, 0) is 34.5 Å². The topological polar surface area (TPSA) is 72.5 Å². The van der Waals surface area contributed by atoms with Crippen molar-refractivity contribution in [2.24, 2.45) is 0 Å². The maximum absolute atomic E-state index is 11.1. The average molecular weight is 637 g/mol. The third-order valence-corrected chi connectivity index (χ3v) is 15.0. The predicted molar refractivity (Wildman–Crippen MR) is 178 cm³/mol. The highest BCUT2D eigenvalue weighted by atomic mass is 28.4. The summed E-state index contributed by atoms with van der Waals surface area (Å²) in [5.74, 6) is 0.850. The summed E-state index contributed by atoms with van der Waals surface area (Å²) >= 11 is 0. The van der Waals surface area contributed by atoms with Crippen LogP contribution in [0.3, 0.4) is 0 Å². The summed E-state index contributed by atoms with van der Waals surface area (Å²) in [5, 5.41) is 0.0899. The molecule has 6 atom stereocenters. The Morgan fingerprint density at radius 2 is 1.70 bits per heavy atom. The number of aldehydes is 1. The lowest BCUT2D eigenvalue weighted by Gasteiger charge is -2.59. The van der Waals surface area contributed by atoms with Crippen LogP contribution in [0, 0.1) is 0 Å². The van der Waals surface area contributed by atoms with Crippen LogP contribution in [0.15, 0.2) is 24.3 Å². The highest BCUT2D eigenvalue weighted by Gasteiger charge is 2.58. The van der Waals surface area contributed by atoms with Crippen molar-refractivity contribution in [3.05, 3.63) is 29.8 Å². The quantitative estimate of drug-likeness (QED) is 0.110. The van der Waals surface area contributed by atoms with Gasteiger partial charge in [-0.15, -0.1) is 0 Å². The van der Waals surface area contributed by atoms with Crippen LogP contribution in [0.2, 0.25) is 37.8 Å². The second kappa shape index (κ2) is 14.6. The highest BCUT2D eigenvalue weighted by molar-refractivity contribution is 6.74. The van der Waals surface area contributed by atoms with Crippen LogP contribution < -0.4 is 4.74 Å². The van der Waals surface area contributed by atoms with E-state index in [1.165, 1.54) is 0 Å². The van der Waals surface area contributed by atoms with Crippen LogP contribution in [0.25, 0.3) is 0 Å². The predicted octanol–water partition coefficient (Wildman–Crippen LogP) is 8.07. The summed E-state index contributed by atoms with van der Waals surface area (Å²) < 4.78 is 39.3. The zero-order chi connectivity index (χ0) is 32.1. The van der Waals surface area contributed by atoms with E-state index < -0.39 is 27.8 Å². The summed E-state index contributed by atoms with van der Waals surface area (Å²) in [4.78, 5) is 11.1. The van der Waals surface area contributed by atoms with E-state index in [4.69, 9.17) is 27.8 Å². The molecule has 2 aliphatic heterocycles. The van der Waals surface area contributed by atoms with Crippen molar-refractivity contribution in [3.8, 4) is 5.75 Å². The van der Waals surface area contributed by atoms with E-state index in [0.717, 1.165) is 56.1 Å². The van der Waals surface area contributed by atoms with Crippen LogP contribution in [0.1, 0.15) is 85.1 Å². The van der Waals surface area contributed by atoms with Crippen molar-refractivity contribution >= 4 is 22.9 Å². The molecule has 0 unspecified atom stereocenters. The fourth-order valence-electron chi connectivity index (χ4n) is 6.40. The monoisotopic (exact) mass is 636 g/mol. The van der Waals surface area contributed by atoms with E-state index in [9.17, 15) is 4.79 Å². The number of benzene rings is 1. The van der Waals surface area contributed by atoms with E-state index in [0.29, 0.717) is 19.6 Å². The van der Waals surface area contributed by atoms with Gasteiger partial charge in [-0.25, -0.2) is 0 Å². The minimum absolute atomic E-state index is 0.0543. The number of hydrogen-bond donors (Lipinski definition) is 0. The smallest absolute Gasteiger partial charge is 0.192 e. The van der Waals surface area contributed by atoms with Crippen LogP contribution >= 0.6 is 0 Å². The minimum atomic E-state index is -2.05. The molecule has 2 fully saturated rings. The lowest BCUT2D eigenvalue weighted by molar-refractivity contribution is -0.302. The van der Waals surface area contributed by atoms with Gasteiger partial charge in [0.1, 0.15) is 12.0 Å². The van der Waals surface area contributed by atoms with E-state index in [1.807, 2.05) is 24.3 Å². The fraction of sp³-hybridized carbons (Fsp3) is 0.794. The first-order valence-corrected chi connectivity index (χ1v) is 22.6. The van der Waals surface area contributed by atoms with Crippen molar-refractivity contribution in [2.45, 2.75) is 160 Å². The average Bonchev–Trinajstić information content (AvgIpc) is 2.88. The van der Waals surface area contributed by atoms with Gasteiger partial charge in [0, 0.05) is 25.9 Å². The molecular weight excluding hydrogens is 577 g/mol. The number of unbranched alkanes of at least 4 members (excludes halogenated alkanes) is 1. The third-order valence-electron chi connectivity index (χ3n) is 9.46. The standard InChI is InChI=1S/C34H60O7Si2/c1-32(2,3)43(10,11)40-29-23-31-33(4,39-28(29)15-12-13-21-35)25-34(5,41-42(7,8)9)30(38-31)16-14-22-37-24-26-17-19-27(36-6)20-18-26/h17-21,28-31H,12-16,22-25H2,1-11H3/t28-,29+,30+,31-,33+,34-/m1/s1. The highest BCUT2D eigenvalue weighted by Crippen LogP contribution is 2.49. The second-order valence-corrected chi connectivity index (χ2v) is 24.8. The number of carbonyl (C=O) groups excluding carboxylic acids is 1. The Morgan fingerprint density at radius 1 is 1.02 bits per heavy atom. The molecule has 1 aromatic rings. The van der Waals surface area contributed by atoms with Gasteiger partial charge in [0.15, 0.2) is 16.6 Å². The van der Waals surface area contributed by atoms with Gasteiger partial charge in [-0.2, -0.15) is 0 Å². The molecule has 3 rings (SSSR count). The van der Waals surface area contributed by atoms with Crippen molar-refractivity contribution in [1.82, 2.24) is 0 Å². The Kier molecular flexibility index (Phi) is 12.3. The Hall–Kier alpha value is -1.08. The Bertz CT molecular complexity index is 1020. The number of hydrogen-bond acceptors (Lipinski definition) is 7. The number of fused-ring (bicyclic) bond motifs is 1. The normalized spacial score (nSPS) is 30.1. The first kappa shape index (κ1) is 36.4. The molecule has 0 spiro atoms. The number of carbonyl (C=O) groups is 1. The molecule has 0 saturated carbocycles. The van der Waals surface area contributed by atoms with E-state index in [-0.39, 0.29) is 29.5 Å². The minimum Gasteiger partial charge on any atom is -0.497 e. The molecule has 7 nitrogen and oxygen atoms in total. The molecule has 43 heavy (non-hydrogen) atoms. The van der Waals surface area contributed by atoms with Crippen molar-refractivity contribution < 1.29 is 32.6 Å². The molecule has 2 saturated heterocycles. The molecule has 9 heteroatoms. The van der Waals surface area contributed by atoms with Crippen molar-refractivity contribution in [2.75, 3.05) is 13.7 Å². The Labute approximate surface area is 263 Å². The third kappa shape index (κ3) is 9.95. The van der Waals surface area contributed by atoms with Gasteiger partial charge in [0.25, 0.3) is 0 Å². The number of methoxy groups -OCH3 is 1. The summed E-state index contributed by atoms with van der Waals surface area (Å²) in [6.45, 7) is 23.8. The molecule has 0 aliphatic carbocycles. The number of ether oxygens (including phenoxy) is 4. The first-order valence-electron chi connectivity index (χ1n) is 16.3. The first-order chi connectivity index (χ1) is 19.9. The zero-order valence-corrected chi connectivity index (χ0v) is 30.9. The van der Waals surface area contributed by atoms with Crippen LogP contribution in [0.4, 0.5) is 0 Å². The fourth-order valence-corrected chi connectivity index (χ4v) is 9.36. The molecule has 246 valence electrons. The Morgan fingerprint density at radius 3 is 2.28 bits per heavy atom. The number of rotatable bonds is 15.